The quantitative estimate of drug-likeness (QED) is 0.920. The highest BCUT2D eigenvalue weighted by Gasteiger charge is 2.12. The molecule has 0 aliphatic rings. The smallest absolute Gasteiger partial charge is 0.265 e. The molecular weight excluding hydrogens is 328 g/mol. The molecule has 0 spiro atoms. The van der Waals surface area contributed by atoms with Crippen LogP contribution in [0.5, 0.6) is 0 Å². The SMILES string of the molecule is CC(C)c1nc(Cc2ccc(Cl)cc2)[nH]c(=O)c1Br. The van der Waals surface area contributed by atoms with Crippen LogP contribution in [0, 0.1) is 0 Å². The van der Waals surface area contributed by atoms with Crippen molar-refractivity contribution in [2.45, 2.75) is 26.2 Å². The molecule has 19 heavy (non-hydrogen) atoms. The van der Waals surface area contributed by atoms with Gasteiger partial charge in [0.2, 0.25) is 0 Å². The number of nitrogens with one attached hydrogen (secondary N) is 1. The summed E-state index contributed by atoms with van der Waals surface area (Å²) >= 11 is 9.13. The molecule has 0 saturated heterocycles. The van der Waals surface area contributed by atoms with E-state index in [0.29, 0.717) is 21.7 Å². The van der Waals surface area contributed by atoms with E-state index in [1.165, 1.54) is 0 Å². The third-order valence-corrected chi connectivity index (χ3v) is 3.79. The summed E-state index contributed by atoms with van der Waals surface area (Å²) in [6, 6.07) is 7.52. The molecule has 0 fully saturated rings. The van der Waals surface area contributed by atoms with Crippen molar-refractivity contribution in [1.82, 2.24) is 9.97 Å². The summed E-state index contributed by atoms with van der Waals surface area (Å²) < 4.78 is 0.516. The van der Waals surface area contributed by atoms with Crippen molar-refractivity contribution >= 4 is 27.5 Å². The van der Waals surface area contributed by atoms with Crippen LogP contribution in [-0.4, -0.2) is 9.97 Å². The molecule has 0 radical (unpaired) electrons. The Kier molecular flexibility index (Phi) is 4.42. The number of rotatable bonds is 3. The molecule has 1 aromatic heterocycles. The second-order valence-corrected chi connectivity index (χ2v) is 5.90. The highest BCUT2D eigenvalue weighted by molar-refractivity contribution is 9.10. The Hall–Kier alpha value is -1.13. The maximum Gasteiger partial charge on any atom is 0.265 e. The Balaban J connectivity index is 2.35. The minimum atomic E-state index is -0.136. The molecule has 0 amide bonds. The summed E-state index contributed by atoms with van der Waals surface area (Å²) in [4.78, 5) is 19.1. The summed E-state index contributed by atoms with van der Waals surface area (Å²) in [5.74, 6) is 0.861. The number of hydrogen-bond donors (Lipinski definition) is 1. The van der Waals surface area contributed by atoms with Gasteiger partial charge in [0.05, 0.1) is 5.69 Å². The van der Waals surface area contributed by atoms with Gasteiger partial charge < -0.3 is 4.98 Å². The Bertz CT molecular complexity index is 635. The Morgan fingerprint density at radius 3 is 2.53 bits per heavy atom. The monoisotopic (exact) mass is 340 g/mol. The van der Waals surface area contributed by atoms with Crippen LogP contribution >= 0.6 is 27.5 Å². The molecule has 2 aromatic rings. The van der Waals surface area contributed by atoms with Crippen molar-refractivity contribution in [3.8, 4) is 0 Å². The minimum absolute atomic E-state index is 0.136. The van der Waals surface area contributed by atoms with Crippen LogP contribution in [0.3, 0.4) is 0 Å². The highest BCUT2D eigenvalue weighted by atomic mass is 79.9. The van der Waals surface area contributed by atoms with E-state index in [9.17, 15) is 4.79 Å². The van der Waals surface area contributed by atoms with Gasteiger partial charge in [-0.25, -0.2) is 4.98 Å². The second kappa shape index (κ2) is 5.88. The fraction of sp³-hybridized carbons (Fsp3) is 0.286. The first kappa shape index (κ1) is 14.3. The molecule has 5 heteroatoms. The van der Waals surface area contributed by atoms with Crippen molar-refractivity contribution in [3.63, 3.8) is 0 Å². The van der Waals surface area contributed by atoms with Crippen LogP contribution < -0.4 is 5.56 Å². The van der Waals surface area contributed by atoms with E-state index in [2.05, 4.69) is 25.9 Å². The molecular formula is C14H14BrClN2O. The standard InChI is InChI=1S/C14H14BrClN2O/c1-8(2)13-12(15)14(19)18-11(17-13)7-9-3-5-10(16)6-4-9/h3-6,8H,7H2,1-2H3,(H,17,18,19). The Morgan fingerprint density at radius 2 is 1.95 bits per heavy atom. The molecule has 0 aliphatic carbocycles. The molecule has 1 N–H and O–H groups in total. The molecule has 0 unspecified atom stereocenters. The fourth-order valence-corrected chi connectivity index (χ4v) is 2.56. The van der Waals surface area contributed by atoms with Gasteiger partial charge in [-0.15, -0.1) is 0 Å². The van der Waals surface area contributed by atoms with E-state index in [4.69, 9.17) is 11.6 Å². The van der Waals surface area contributed by atoms with Gasteiger partial charge >= 0.3 is 0 Å². The molecule has 1 heterocycles. The average Bonchev–Trinajstić information content (AvgIpc) is 2.36. The van der Waals surface area contributed by atoms with E-state index < -0.39 is 0 Å². The first-order chi connectivity index (χ1) is 8.97. The van der Waals surface area contributed by atoms with E-state index in [1.807, 2.05) is 38.1 Å². The summed E-state index contributed by atoms with van der Waals surface area (Å²) in [7, 11) is 0. The molecule has 2 rings (SSSR count). The van der Waals surface area contributed by atoms with Crippen LogP contribution in [0.25, 0.3) is 0 Å². The van der Waals surface area contributed by atoms with Gasteiger partial charge in [-0.2, -0.15) is 0 Å². The van der Waals surface area contributed by atoms with Gasteiger partial charge in [0.25, 0.3) is 5.56 Å². The number of nitrogens with zero attached hydrogens (tertiary/aromatic N) is 1. The lowest BCUT2D eigenvalue weighted by Gasteiger charge is -2.09. The first-order valence-electron chi connectivity index (χ1n) is 6.00. The molecule has 100 valence electrons. The largest absolute Gasteiger partial charge is 0.309 e. The van der Waals surface area contributed by atoms with Crippen molar-refractivity contribution in [1.29, 1.82) is 0 Å². The van der Waals surface area contributed by atoms with E-state index >= 15 is 0 Å². The van der Waals surface area contributed by atoms with Crippen molar-refractivity contribution < 1.29 is 0 Å². The summed E-state index contributed by atoms with van der Waals surface area (Å²) in [5, 5.41) is 0.698. The minimum Gasteiger partial charge on any atom is -0.309 e. The van der Waals surface area contributed by atoms with Crippen LogP contribution in [0.15, 0.2) is 33.5 Å². The highest BCUT2D eigenvalue weighted by Crippen LogP contribution is 2.19. The zero-order chi connectivity index (χ0) is 14.0. The lowest BCUT2D eigenvalue weighted by molar-refractivity contribution is 0.775. The zero-order valence-electron chi connectivity index (χ0n) is 10.7. The van der Waals surface area contributed by atoms with Gasteiger partial charge in [0, 0.05) is 11.4 Å². The van der Waals surface area contributed by atoms with Gasteiger partial charge in [0.1, 0.15) is 10.3 Å². The summed E-state index contributed by atoms with van der Waals surface area (Å²) in [6.07, 6.45) is 0.583. The van der Waals surface area contributed by atoms with Gasteiger partial charge in [-0.1, -0.05) is 37.6 Å². The van der Waals surface area contributed by atoms with Crippen molar-refractivity contribution in [2.24, 2.45) is 0 Å². The van der Waals surface area contributed by atoms with Crippen LogP contribution in [0.1, 0.15) is 36.8 Å². The topological polar surface area (TPSA) is 45.8 Å². The lowest BCUT2D eigenvalue weighted by Crippen LogP contribution is -2.16. The van der Waals surface area contributed by atoms with Gasteiger partial charge in [-0.3, -0.25) is 4.79 Å². The number of benzene rings is 1. The van der Waals surface area contributed by atoms with Crippen LogP contribution in [0.4, 0.5) is 0 Å². The van der Waals surface area contributed by atoms with Crippen molar-refractivity contribution in [2.75, 3.05) is 0 Å². The predicted molar refractivity (Wildman–Crippen MR) is 80.9 cm³/mol. The number of aromatic nitrogens is 2. The molecule has 0 saturated carbocycles. The Morgan fingerprint density at radius 1 is 1.32 bits per heavy atom. The maximum absolute atomic E-state index is 11.8. The zero-order valence-corrected chi connectivity index (χ0v) is 13.0. The molecule has 3 nitrogen and oxygen atoms in total. The van der Waals surface area contributed by atoms with E-state index in [-0.39, 0.29) is 11.5 Å². The second-order valence-electron chi connectivity index (χ2n) is 4.67. The third kappa shape index (κ3) is 3.45. The van der Waals surface area contributed by atoms with Gasteiger partial charge in [-0.05, 0) is 39.5 Å². The molecule has 1 aromatic carbocycles. The normalized spacial score (nSPS) is 11.0. The third-order valence-electron chi connectivity index (χ3n) is 2.77. The summed E-state index contributed by atoms with van der Waals surface area (Å²) in [5.41, 5.74) is 1.71. The van der Waals surface area contributed by atoms with E-state index in [1.54, 1.807) is 0 Å². The number of aromatic amines is 1. The first-order valence-corrected chi connectivity index (χ1v) is 7.17. The van der Waals surface area contributed by atoms with Gasteiger partial charge in [0.15, 0.2) is 0 Å². The molecule has 0 bridgehead atoms. The summed E-state index contributed by atoms with van der Waals surface area (Å²) in [6.45, 7) is 4.03. The van der Waals surface area contributed by atoms with E-state index in [0.717, 1.165) is 11.3 Å². The Labute approximate surface area is 125 Å². The van der Waals surface area contributed by atoms with Crippen LogP contribution in [-0.2, 0) is 6.42 Å². The fourth-order valence-electron chi connectivity index (χ4n) is 1.79. The lowest BCUT2D eigenvalue weighted by atomic mass is 10.1. The van der Waals surface area contributed by atoms with Crippen molar-refractivity contribution in [3.05, 3.63) is 61.2 Å². The predicted octanol–water partition coefficient (Wildman–Crippen LogP) is 3.90. The number of H-pyrrole nitrogens is 1. The average molecular weight is 342 g/mol. The molecule has 0 aliphatic heterocycles. The number of halogens is 2. The van der Waals surface area contributed by atoms with Crippen LogP contribution in [0.2, 0.25) is 5.02 Å². The molecule has 0 atom stereocenters. The number of hydrogen-bond acceptors (Lipinski definition) is 2. The maximum atomic E-state index is 11.8.